The fourth-order valence-electron chi connectivity index (χ4n) is 2.15. The predicted octanol–water partition coefficient (Wildman–Crippen LogP) is 3.49. The van der Waals surface area contributed by atoms with Crippen LogP contribution in [0.5, 0.6) is 0 Å². The summed E-state index contributed by atoms with van der Waals surface area (Å²) < 4.78 is 0. The van der Waals surface area contributed by atoms with E-state index in [4.69, 9.17) is 0 Å². The Morgan fingerprint density at radius 1 is 1.07 bits per heavy atom. The van der Waals surface area contributed by atoms with E-state index >= 15 is 0 Å². The number of fused-ring (bicyclic) bond motifs is 3. The predicted molar refractivity (Wildman–Crippen MR) is 59.2 cm³/mol. The Kier molecular flexibility index (Phi) is 1.51. The van der Waals surface area contributed by atoms with Crippen molar-refractivity contribution in [3.8, 4) is 0 Å². The lowest BCUT2D eigenvalue weighted by atomic mass is 10.0. The summed E-state index contributed by atoms with van der Waals surface area (Å²) in [6, 6.07) is 12.9. The van der Waals surface area contributed by atoms with Crippen molar-refractivity contribution < 1.29 is 0 Å². The minimum atomic E-state index is 1.07. The van der Waals surface area contributed by atoms with Crippen LogP contribution in [0.1, 0.15) is 18.1 Å². The highest BCUT2D eigenvalue weighted by Crippen LogP contribution is 2.29. The number of hydrogen-bond acceptors (Lipinski definition) is 0. The summed E-state index contributed by atoms with van der Waals surface area (Å²) in [5.74, 6) is 0. The molecule has 2 aromatic rings. The minimum absolute atomic E-state index is 1.07. The second-order valence-electron chi connectivity index (χ2n) is 3.90. The molecule has 0 fully saturated rings. The first kappa shape index (κ1) is 7.81. The van der Waals surface area contributed by atoms with Crippen molar-refractivity contribution in [3.05, 3.63) is 59.2 Å². The zero-order chi connectivity index (χ0) is 9.54. The molecule has 1 aliphatic rings. The molecule has 0 heterocycles. The molecule has 0 saturated heterocycles. The van der Waals surface area contributed by atoms with Gasteiger partial charge in [0.25, 0.3) is 0 Å². The first-order valence-corrected chi connectivity index (χ1v) is 4.95. The van der Waals surface area contributed by atoms with Crippen LogP contribution in [0.25, 0.3) is 10.8 Å². The smallest absolute Gasteiger partial charge is 0.00540 e. The van der Waals surface area contributed by atoms with Gasteiger partial charge in [0.05, 0.1) is 0 Å². The van der Waals surface area contributed by atoms with E-state index in [1.165, 1.54) is 27.5 Å². The second-order valence-corrected chi connectivity index (χ2v) is 3.90. The van der Waals surface area contributed by atoms with Crippen molar-refractivity contribution in [2.24, 2.45) is 0 Å². The lowest BCUT2D eigenvalue weighted by Crippen LogP contribution is -1.84. The molecule has 0 unspecified atom stereocenters. The van der Waals surface area contributed by atoms with Crippen LogP contribution in [0.4, 0.5) is 0 Å². The molecule has 0 saturated carbocycles. The van der Waals surface area contributed by atoms with Crippen molar-refractivity contribution in [1.82, 2.24) is 0 Å². The van der Waals surface area contributed by atoms with Gasteiger partial charge in [-0.25, -0.2) is 0 Å². The van der Waals surface area contributed by atoms with Crippen molar-refractivity contribution in [2.45, 2.75) is 13.3 Å². The van der Waals surface area contributed by atoms with Crippen LogP contribution in [0.3, 0.4) is 0 Å². The molecule has 0 bridgehead atoms. The third-order valence-corrected chi connectivity index (χ3v) is 2.81. The Morgan fingerprint density at radius 2 is 1.93 bits per heavy atom. The fraction of sp³-hybridized carbons (Fsp3) is 0.143. The molecule has 0 heteroatoms. The molecule has 67 valence electrons. The van der Waals surface area contributed by atoms with Gasteiger partial charge in [0.1, 0.15) is 0 Å². The van der Waals surface area contributed by atoms with E-state index in [0.717, 1.165) is 6.42 Å². The molecule has 14 heavy (non-hydrogen) atoms. The van der Waals surface area contributed by atoms with Gasteiger partial charge < -0.3 is 0 Å². The summed E-state index contributed by atoms with van der Waals surface area (Å²) >= 11 is 0. The molecule has 0 nitrogen and oxygen atoms in total. The van der Waals surface area contributed by atoms with E-state index in [-0.39, 0.29) is 0 Å². The van der Waals surface area contributed by atoms with Gasteiger partial charge in [-0.2, -0.15) is 0 Å². The largest absolute Gasteiger partial charge is 0.0616 e. The molecule has 0 atom stereocenters. The van der Waals surface area contributed by atoms with Gasteiger partial charge in [0.2, 0.25) is 0 Å². The van der Waals surface area contributed by atoms with Gasteiger partial charge in [-0.05, 0) is 41.3 Å². The zero-order valence-electron chi connectivity index (χ0n) is 8.17. The van der Waals surface area contributed by atoms with Crippen LogP contribution in [0.2, 0.25) is 0 Å². The van der Waals surface area contributed by atoms with Crippen molar-refractivity contribution >= 4 is 10.8 Å². The monoisotopic (exact) mass is 179 g/mol. The highest BCUT2D eigenvalue weighted by atomic mass is 14.2. The van der Waals surface area contributed by atoms with Crippen molar-refractivity contribution in [1.29, 1.82) is 0 Å². The first-order valence-electron chi connectivity index (χ1n) is 4.95. The van der Waals surface area contributed by atoms with E-state index in [9.17, 15) is 0 Å². The summed E-state index contributed by atoms with van der Waals surface area (Å²) in [4.78, 5) is 0. The Morgan fingerprint density at radius 3 is 2.86 bits per heavy atom. The SMILES string of the molecule is CC1=[C]c2c(ccc3ccccc23)C1. The molecule has 0 spiro atoms. The topological polar surface area (TPSA) is 0 Å². The molecule has 0 amide bonds. The average Bonchev–Trinajstić information content (AvgIpc) is 2.59. The summed E-state index contributed by atoms with van der Waals surface area (Å²) in [5.41, 5.74) is 4.07. The van der Waals surface area contributed by atoms with Crippen LogP contribution in [0, 0.1) is 6.08 Å². The molecule has 3 rings (SSSR count). The van der Waals surface area contributed by atoms with Crippen LogP contribution in [-0.2, 0) is 6.42 Å². The fourth-order valence-corrected chi connectivity index (χ4v) is 2.15. The van der Waals surface area contributed by atoms with Gasteiger partial charge in [-0.15, -0.1) is 0 Å². The van der Waals surface area contributed by atoms with Crippen LogP contribution < -0.4 is 0 Å². The molecule has 0 aromatic heterocycles. The summed E-state index contributed by atoms with van der Waals surface area (Å²) in [5, 5.41) is 2.65. The van der Waals surface area contributed by atoms with E-state index in [1.54, 1.807) is 0 Å². The highest BCUT2D eigenvalue weighted by molar-refractivity contribution is 5.88. The van der Waals surface area contributed by atoms with Gasteiger partial charge in [0, 0.05) is 0 Å². The molecule has 1 radical (unpaired) electrons. The van der Waals surface area contributed by atoms with Crippen LogP contribution in [0.15, 0.2) is 42.0 Å². The van der Waals surface area contributed by atoms with E-state index in [0.29, 0.717) is 0 Å². The minimum Gasteiger partial charge on any atom is -0.0616 e. The zero-order valence-corrected chi connectivity index (χ0v) is 8.17. The maximum Gasteiger partial charge on any atom is -0.00540 e. The quantitative estimate of drug-likeness (QED) is 0.580. The maximum absolute atomic E-state index is 3.46. The first-order chi connectivity index (χ1) is 6.84. The Labute approximate surface area is 83.9 Å². The van der Waals surface area contributed by atoms with Gasteiger partial charge in [-0.1, -0.05) is 42.0 Å². The standard InChI is InChI=1S/C14H11/c1-10-8-12-7-6-11-4-2-3-5-13(11)14(12)9-10/h2-7H,8H2,1H3. The number of rotatable bonds is 0. The molecular formula is C14H11. The lowest BCUT2D eigenvalue weighted by Gasteiger charge is -2.03. The van der Waals surface area contributed by atoms with Gasteiger partial charge in [0.15, 0.2) is 0 Å². The lowest BCUT2D eigenvalue weighted by molar-refractivity contribution is 1.19. The van der Waals surface area contributed by atoms with E-state index < -0.39 is 0 Å². The molecule has 1 aliphatic carbocycles. The maximum atomic E-state index is 3.46. The van der Waals surface area contributed by atoms with Crippen molar-refractivity contribution in [2.75, 3.05) is 0 Å². The molecule has 0 N–H and O–H groups in total. The Bertz CT molecular complexity index is 533. The van der Waals surface area contributed by atoms with E-state index in [2.05, 4.69) is 49.4 Å². The van der Waals surface area contributed by atoms with Crippen LogP contribution >= 0.6 is 0 Å². The average molecular weight is 179 g/mol. The summed E-state index contributed by atoms with van der Waals surface area (Å²) in [6.07, 6.45) is 4.53. The highest BCUT2D eigenvalue weighted by Gasteiger charge is 2.12. The van der Waals surface area contributed by atoms with Gasteiger partial charge >= 0.3 is 0 Å². The van der Waals surface area contributed by atoms with Gasteiger partial charge in [-0.3, -0.25) is 0 Å². The Balaban J connectivity index is 2.42. The summed E-state index contributed by atoms with van der Waals surface area (Å²) in [7, 11) is 0. The summed E-state index contributed by atoms with van der Waals surface area (Å²) in [6.45, 7) is 2.15. The van der Waals surface area contributed by atoms with Crippen molar-refractivity contribution in [3.63, 3.8) is 0 Å². The third kappa shape index (κ3) is 1.00. The second kappa shape index (κ2) is 2.71. The molecule has 2 aromatic carbocycles. The molecular weight excluding hydrogens is 168 g/mol. The van der Waals surface area contributed by atoms with Crippen LogP contribution in [-0.4, -0.2) is 0 Å². The third-order valence-electron chi connectivity index (χ3n) is 2.81. The molecule has 0 aliphatic heterocycles. The number of hydrogen-bond donors (Lipinski definition) is 0. The normalized spacial score (nSPS) is 14.2. The Hall–Kier alpha value is -1.56. The van der Waals surface area contributed by atoms with E-state index in [1.807, 2.05) is 0 Å². The number of benzene rings is 2. The number of allylic oxidation sites excluding steroid dienone is 1.